The van der Waals surface area contributed by atoms with Gasteiger partial charge in [-0.05, 0) is 148 Å². The summed E-state index contributed by atoms with van der Waals surface area (Å²) in [4.78, 5) is 10.1. The molecule has 0 radical (unpaired) electrons. The van der Waals surface area contributed by atoms with E-state index in [1.54, 1.807) is 0 Å². The van der Waals surface area contributed by atoms with Crippen molar-refractivity contribution in [1.29, 1.82) is 0 Å². The summed E-state index contributed by atoms with van der Waals surface area (Å²) >= 11 is 0. The fraction of sp³-hybridized carbons (Fsp3) is 0.0492. The number of hydrogen-bond acceptors (Lipinski definition) is 2. The van der Waals surface area contributed by atoms with Gasteiger partial charge in [-0.25, -0.2) is 9.97 Å². The van der Waals surface area contributed by atoms with E-state index in [4.69, 9.17) is 9.97 Å². The lowest BCUT2D eigenvalue weighted by Crippen LogP contribution is -2.15. The largest absolute Gasteiger partial charge is 0.248 e. The summed E-state index contributed by atoms with van der Waals surface area (Å²) in [5, 5.41) is 10.0. The lowest BCUT2D eigenvalue weighted by Gasteiger charge is -2.23. The summed E-state index contributed by atoms with van der Waals surface area (Å²) in [5.41, 5.74) is 25.1. The third kappa shape index (κ3) is 4.23. The monoisotopic (exact) mass is 796 g/mol. The summed E-state index contributed by atoms with van der Waals surface area (Å²) < 4.78 is 0. The van der Waals surface area contributed by atoms with Crippen LogP contribution < -0.4 is 0 Å². The van der Waals surface area contributed by atoms with Gasteiger partial charge < -0.3 is 0 Å². The molecular formula is C61H36N2. The van der Waals surface area contributed by atoms with Gasteiger partial charge in [0.1, 0.15) is 0 Å². The number of pyridine rings is 2. The number of nitrogens with zero attached hydrogens (tertiary/aromatic N) is 2. The van der Waals surface area contributed by atoms with Crippen molar-refractivity contribution >= 4 is 65.2 Å². The van der Waals surface area contributed by atoms with Crippen LogP contribution in [0.1, 0.15) is 25.0 Å². The lowest BCUT2D eigenvalue weighted by molar-refractivity contribution is 0.661. The minimum atomic E-state index is -0.180. The molecule has 10 aromatic carbocycles. The quantitative estimate of drug-likeness (QED) is 0.163. The van der Waals surface area contributed by atoms with Crippen LogP contribution in [0.3, 0.4) is 0 Å². The predicted octanol–water partition coefficient (Wildman–Crippen LogP) is 16.3. The summed E-state index contributed by atoms with van der Waals surface area (Å²) in [7, 11) is 0. The average Bonchev–Trinajstić information content (AvgIpc) is 3.90. The highest BCUT2D eigenvalue weighted by atomic mass is 14.7. The number of rotatable bonds is 2. The number of hydrogen-bond donors (Lipinski definition) is 0. The van der Waals surface area contributed by atoms with Crippen molar-refractivity contribution in [3.8, 4) is 77.9 Å². The van der Waals surface area contributed by atoms with Crippen LogP contribution in [-0.2, 0) is 5.41 Å². The molecule has 0 spiro atoms. The maximum absolute atomic E-state index is 5.07. The second-order valence-electron chi connectivity index (χ2n) is 18.3. The van der Waals surface area contributed by atoms with E-state index in [9.17, 15) is 0 Å². The van der Waals surface area contributed by atoms with E-state index >= 15 is 0 Å². The Balaban J connectivity index is 0.920. The summed E-state index contributed by atoms with van der Waals surface area (Å²) in [6, 6.07) is 67.8. The van der Waals surface area contributed by atoms with Crippen molar-refractivity contribution in [2.75, 3.05) is 0 Å². The third-order valence-corrected chi connectivity index (χ3v) is 14.9. The van der Waals surface area contributed by atoms with Crippen molar-refractivity contribution in [2.24, 2.45) is 0 Å². The van der Waals surface area contributed by atoms with Gasteiger partial charge in [-0.2, -0.15) is 0 Å². The van der Waals surface area contributed by atoms with Gasteiger partial charge in [-0.1, -0.05) is 147 Å². The normalized spacial score (nSPS) is 13.7. The molecule has 15 rings (SSSR count). The van der Waals surface area contributed by atoms with Crippen LogP contribution in [0.5, 0.6) is 0 Å². The van der Waals surface area contributed by atoms with Gasteiger partial charge in [0.2, 0.25) is 0 Å². The predicted molar refractivity (Wildman–Crippen MR) is 264 cm³/mol. The smallest absolute Gasteiger partial charge is 0.0715 e. The van der Waals surface area contributed by atoms with Gasteiger partial charge in [0, 0.05) is 38.1 Å². The minimum absolute atomic E-state index is 0.180. The van der Waals surface area contributed by atoms with Crippen LogP contribution in [0.2, 0.25) is 0 Å². The second-order valence-corrected chi connectivity index (χ2v) is 18.3. The molecule has 0 unspecified atom stereocenters. The first kappa shape index (κ1) is 33.7. The summed E-state index contributed by atoms with van der Waals surface area (Å²) in [6.45, 7) is 4.86. The SMILES string of the molecule is CC1(C)c2cc3c(cc2-c2cc4c(cc21)-c1ccc(-c2c5ccccc5nc5ccccc25)c2cccc-4c12)-c1cccc2c(-c4c5ccccc5nc5ccccc45)ccc-3c12. The fourth-order valence-corrected chi connectivity index (χ4v) is 12.1. The van der Waals surface area contributed by atoms with Gasteiger partial charge in [-0.3, -0.25) is 0 Å². The Kier molecular flexibility index (Phi) is 6.27. The molecule has 0 saturated carbocycles. The van der Waals surface area contributed by atoms with Crippen molar-refractivity contribution < 1.29 is 0 Å². The molecule has 12 aromatic rings. The van der Waals surface area contributed by atoms with Gasteiger partial charge in [0.15, 0.2) is 0 Å². The molecule has 0 aliphatic heterocycles. The third-order valence-electron chi connectivity index (χ3n) is 14.9. The maximum atomic E-state index is 5.07. The number of fused-ring (bicyclic) bond motifs is 13. The Bertz CT molecular complexity index is 3740. The van der Waals surface area contributed by atoms with Crippen molar-refractivity contribution in [1.82, 2.24) is 9.97 Å². The second kappa shape index (κ2) is 11.7. The van der Waals surface area contributed by atoms with Gasteiger partial charge in [-0.15, -0.1) is 0 Å². The molecule has 0 atom stereocenters. The molecule has 0 N–H and O–H groups in total. The molecule has 2 aromatic heterocycles. The van der Waals surface area contributed by atoms with Crippen LogP contribution in [0, 0.1) is 0 Å². The Labute approximate surface area is 363 Å². The van der Waals surface area contributed by atoms with Crippen molar-refractivity contribution in [2.45, 2.75) is 19.3 Å². The maximum Gasteiger partial charge on any atom is 0.0715 e. The Morgan fingerprint density at radius 3 is 0.984 bits per heavy atom. The molecule has 3 aliphatic rings. The minimum Gasteiger partial charge on any atom is -0.248 e. The Hall–Kier alpha value is -7.94. The highest BCUT2D eigenvalue weighted by molar-refractivity contribution is 6.25. The molecule has 63 heavy (non-hydrogen) atoms. The topological polar surface area (TPSA) is 25.8 Å². The zero-order valence-electron chi connectivity index (χ0n) is 34.7. The Morgan fingerprint density at radius 2 is 0.587 bits per heavy atom. The highest BCUT2D eigenvalue weighted by Gasteiger charge is 2.40. The molecule has 3 aliphatic carbocycles. The molecule has 290 valence electrons. The molecule has 2 heterocycles. The van der Waals surface area contributed by atoms with Crippen molar-refractivity contribution in [3.05, 3.63) is 193 Å². The number of aromatic nitrogens is 2. The first-order valence-electron chi connectivity index (χ1n) is 22.1. The molecule has 2 heteroatoms. The summed E-state index contributed by atoms with van der Waals surface area (Å²) in [5.74, 6) is 0. The Morgan fingerprint density at radius 1 is 0.270 bits per heavy atom. The first-order chi connectivity index (χ1) is 31.0. The molecule has 2 nitrogen and oxygen atoms in total. The molecule has 0 amide bonds. The molecule has 0 fully saturated rings. The van der Waals surface area contributed by atoms with E-state index in [1.807, 2.05) is 0 Å². The van der Waals surface area contributed by atoms with Gasteiger partial charge in [0.05, 0.1) is 22.1 Å². The lowest BCUT2D eigenvalue weighted by atomic mass is 9.80. The fourth-order valence-electron chi connectivity index (χ4n) is 12.1. The van der Waals surface area contributed by atoms with E-state index in [0.29, 0.717) is 0 Å². The van der Waals surface area contributed by atoms with E-state index in [1.165, 1.54) is 132 Å². The van der Waals surface area contributed by atoms with Gasteiger partial charge >= 0.3 is 0 Å². The molecule has 0 saturated heterocycles. The van der Waals surface area contributed by atoms with Crippen LogP contribution in [0.4, 0.5) is 0 Å². The molecular weight excluding hydrogens is 761 g/mol. The zero-order valence-corrected chi connectivity index (χ0v) is 34.7. The standard InChI is InChI=1S/C61H36N2/c1-61(2)51-31-47-39-27-25-37(59-41-13-3-7-21-53(41)62-54-22-8-4-14-42(54)59)33-17-11-19-35(57(33)39)45(47)29-49(51)50-30-46-36-20-12-18-34-38(26-28-40(58(34)36)48(46)32-52(50)61)60-43-15-5-9-23-55(43)63-56-24-10-6-16-44(56)60/h3-32H,1-2H3. The van der Waals surface area contributed by atoms with Gasteiger partial charge in [0.25, 0.3) is 0 Å². The molecule has 0 bridgehead atoms. The first-order valence-corrected chi connectivity index (χ1v) is 22.1. The van der Waals surface area contributed by atoms with E-state index in [-0.39, 0.29) is 5.41 Å². The van der Waals surface area contributed by atoms with E-state index < -0.39 is 0 Å². The van der Waals surface area contributed by atoms with E-state index in [0.717, 1.165) is 22.1 Å². The van der Waals surface area contributed by atoms with Crippen LogP contribution in [0.15, 0.2) is 182 Å². The highest BCUT2D eigenvalue weighted by Crippen LogP contribution is 2.60. The zero-order chi connectivity index (χ0) is 41.3. The van der Waals surface area contributed by atoms with Crippen LogP contribution >= 0.6 is 0 Å². The number of para-hydroxylation sites is 4. The number of benzene rings is 10. The van der Waals surface area contributed by atoms with Crippen LogP contribution in [0.25, 0.3) is 143 Å². The van der Waals surface area contributed by atoms with E-state index in [2.05, 4.69) is 196 Å². The van der Waals surface area contributed by atoms with Crippen molar-refractivity contribution in [3.63, 3.8) is 0 Å². The average molecular weight is 797 g/mol. The summed E-state index contributed by atoms with van der Waals surface area (Å²) in [6.07, 6.45) is 0. The van der Waals surface area contributed by atoms with Crippen LogP contribution in [-0.4, -0.2) is 9.97 Å².